The predicted molar refractivity (Wildman–Crippen MR) is 153 cm³/mol. The van der Waals surface area contributed by atoms with Crippen molar-refractivity contribution in [1.82, 2.24) is 0 Å². The second kappa shape index (κ2) is 11.0. The maximum absolute atomic E-state index is 15.2. The van der Waals surface area contributed by atoms with Crippen molar-refractivity contribution in [3.05, 3.63) is 58.2 Å². The number of hydrogen-bond acceptors (Lipinski definition) is 5. The lowest BCUT2D eigenvalue weighted by Gasteiger charge is -2.56. The van der Waals surface area contributed by atoms with Gasteiger partial charge in [-0.2, -0.15) is 22.0 Å². The normalized spacial score (nSPS) is 31.6. The molecule has 0 heterocycles. The van der Waals surface area contributed by atoms with E-state index in [-0.39, 0.29) is 31.1 Å². The largest absolute Gasteiger partial charge is 0.458 e. The summed E-state index contributed by atoms with van der Waals surface area (Å²) in [7, 11) is 0. The first-order valence-corrected chi connectivity index (χ1v) is 15.4. The first kappa shape index (κ1) is 32.8. The fraction of sp³-hybridized carbons (Fsp3) is 0.647. The minimum absolute atomic E-state index is 0.0322. The van der Waals surface area contributed by atoms with Crippen molar-refractivity contribution in [2.75, 3.05) is 6.61 Å². The van der Waals surface area contributed by atoms with Gasteiger partial charge < -0.3 is 14.6 Å². The van der Waals surface area contributed by atoms with Crippen LogP contribution >= 0.6 is 0 Å². The number of esters is 1. The van der Waals surface area contributed by atoms with Gasteiger partial charge in [-0.3, -0.25) is 4.79 Å². The third kappa shape index (κ3) is 5.44. The highest BCUT2D eigenvalue weighted by atomic mass is 19.4. The Morgan fingerprint density at radius 1 is 1.05 bits per heavy atom. The molecule has 10 heteroatoms. The summed E-state index contributed by atoms with van der Waals surface area (Å²) in [6.07, 6.45) is -3.46. The monoisotopic (exact) mass is 624 g/mol. The molecular weight excluding hydrogens is 583 g/mol. The molecule has 4 aliphatic rings. The lowest BCUT2D eigenvalue weighted by molar-refractivity contribution is -0.362. The summed E-state index contributed by atoms with van der Waals surface area (Å²) >= 11 is 0. The van der Waals surface area contributed by atoms with E-state index in [2.05, 4.69) is 0 Å². The standard InChI is InChI=1S/C34H41F5O5/c1-19(43-18-28(41)44-30(2,3)4)20-6-8-21(9-7-20)26-17-31(5)27(14-15-32(31,42)33(35,36)34(37,38)39)25-12-10-22-16-23(40)11-13-24(22)29(25)26/h6-9,16,19,25-27,42H,10-15,17-18H2,1-5H3/t19-,25-,26+,27-,31-,32-/m0/s1. The first-order chi connectivity index (χ1) is 20.3. The van der Waals surface area contributed by atoms with Crippen molar-refractivity contribution in [1.29, 1.82) is 0 Å². The number of alkyl halides is 5. The Kier molecular flexibility index (Phi) is 8.23. The molecule has 0 spiro atoms. The Bertz CT molecular complexity index is 1370. The van der Waals surface area contributed by atoms with Crippen LogP contribution in [0.2, 0.25) is 0 Å². The Labute approximate surface area is 254 Å². The number of rotatable bonds is 6. The number of ketones is 1. The number of hydrogen-bond donors (Lipinski definition) is 1. The van der Waals surface area contributed by atoms with E-state index in [1.807, 2.05) is 12.1 Å². The molecule has 6 atom stereocenters. The second-order valence-corrected chi connectivity index (χ2v) is 14.2. The molecule has 0 aliphatic heterocycles. The first-order valence-electron chi connectivity index (χ1n) is 15.4. The number of aliphatic hydroxyl groups is 1. The lowest BCUT2D eigenvalue weighted by atomic mass is 9.50. The molecule has 0 bridgehead atoms. The van der Waals surface area contributed by atoms with Gasteiger partial charge in [-0.25, -0.2) is 4.79 Å². The summed E-state index contributed by atoms with van der Waals surface area (Å²) < 4.78 is 82.7. The zero-order chi connectivity index (χ0) is 32.5. The van der Waals surface area contributed by atoms with Crippen LogP contribution in [0.3, 0.4) is 0 Å². The predicted octanol–water partition coefficient (Wildman–Crippen LogP) is 7.93. The quantitative estimate of drug-likeness (QED) is 0.257. The summed E-state index contributed by atoms with van der Waals surface area (Å²) in [5.41, 5.74) is -1.16. The van der Waals surface area contributed by atoms with Crippen LogP contribution < -0.4 is 0 Å². The van der Waals surface area contributed by atoms with Crippen LogP contribution in [0.25, 0.3) is 0 Å². The minimum atomic E-state index is -5.89. The average molecular weight is 625 g/mol. The minimum Gasteiger partial charge on any atom is -0.458 e. The fourth-order valence-electron chi connectivity index (χ4n) is 8.37. The van der Waals surface area contributed by atoms with E-state index < -0.39 is 59.0 Å². The molecule has 0 amide bonds. The van der Waals surface area contributed by atoms with Gasteiger partial charge in [0.05, 0.1) is 6.10 Å². The summed E-state index contributed by atoms with van der Waals surface area (Å²) in [5.74, 6) is -7.11. The number of benzene rings is 1. The van der Waals surface area contributed by atoms with Crippen molar-refractivity contribution < 1.29 is 46.1 Å². The van der Waals surface area contributed by atoms with E-state index in [9.17, 15) is 27.9 Å². The molecule has 4 aliphatic carbocycles. The molecule has 1 N–H and O–H groups in total. The molecule has 1 aromatic rings. The fourth-order valence-corrected chi connectivity index (χ4v) is 8.37. The van der Waals surface area contributed by atoms with Crippen molar-refractivity contribution in [3.63, 3.8) is 0 Å². The van der Waals surface area contributed by atoms with Gasteiger partial charge in [-0.15, -0.1) is 0 Å². The number of ether oxygens (including phenoxy) is 2. The number of carbonyl (C=O) groups is 2. The van der Waals surface area contributed by atoms with Gasteiger partial charge in [0, 0.05) is 17.8 Å². The van der Waals surface area contributed by atoms with Gasteiger partial charge in [-0.05, 0) is 106 Å². The highest BCUT2D eigenvalue weighted by molar-refractivity contribution is 5.93. The number of carbonyl (C=O) groups excluding carboxylic acids is 2. The number of fused-ring (bicyclic) bond motifs is 4. The number of allylic oxidation sites excluding steroid dienone is 4. The van der Waals surface area contributed by atoms with Crippen molar-refractivity contribution in [2.24, 2.45) is 17.3 Å². The van der Waals surface area contributed by atoms with Crippen molar-refractivity contribution in [2.45, 2.75) is 115 Å². The van der Waals surface area contributed by atoms with Crippen LogP contribution in [0, 0.1) is 17.3 Å². The lowest BCUT2D eigenvalue weighted by Crippen LogP contribution is -2.65. The molecule has 242 valence electrons. The maximum atomic E-state index is 15.2. The molecule has 0 unspecified atom stereocenters. The van der Waals surface area contributed by atoms with Crippen molar-refractivity contribution in [3.8, 4) is 0 Å². The molecule has 2 saturated carbocycles. The molecule has 0 aromatic heterocycles. The van der Waals surface area contributed by atoms with Gasteiger partial charge in [-0.1, -0.05) is 36.8 Å². The SMILES string of the molecule is C[C@H](OCC(=O)OC(C)(C)C)c1ccc([C@H]2C[C@@]3(C)[C@@H](CC[C@@]3(O)C(F)(F)C(F)(F)F)[C@@H]3CCC4=CC(=O)CCC4=C32)cc1. The summed E-state index contributed by atoms with van der Waals surface area (Å²) in [6.45, 7) is 8.22. The summed E-state index contributed by atoms with van der Waals surface area (Å²) in [5, 5.41) is 11.4. The molecule has 44 heavy (non-hydrogen) atoms. The van der Waals surface area contributed by atoms with Gasteiger partial charge >= 0.3 is 18.1 Å². The van der Waals surface area contributed by atoms with Crippen LogP contribution in [0.4, 0.5) is 22.0 Å². The zero-order valence-corrected chi connectivity index (χ0v) is 25.8. The Morgan fingerprint density at radius 2 is 1.70 bits per heavy atom. The molecule has 5 nitrogen and oxygen atoms in total. The molecule has 5 rings (SSSR count). The average Bonchev–Trinajstić information content (AvgIpc) is 3.21. The van der Waals surface area contributed by atoms with Gasteiger partial charge in [0.2, 0.25) is 0 Å². The molecule has 0 saturated heterocycles. The van der Waals surface area contributed by atoms with E-state index >= 15 is 8.78 Å². The zero-order valence-electron chi connectivity index (χ0n) is 25.8. The van der Waals surface area contributed by atoms with E-state index in [4.69, 9.17) is 9.47 Å². The highest BCUT2D eigenvalue weighted by Crippen LogP contribution is 2.70. The number of halogens is 5. The highest BCUT2D eigenvalue weighted by Gasteiger charge is 2.79. The maximum Gasteiger partial charge on any atom is 0.456 e. The van der Waals surface area contributed by atoms with Crippen LogP contribution in [0.15, 0.2) is 47.1 Å². The molecule has 0 radical (unpaired) electrons. The van der Waals surface area contributed by atoms with E-state index in [1.165, 1.54) is 6.92 Å². The Morgan fingerprint density at radius 3 is 2.32 bits per heavy atom. The molecular formula is C34H41F5O5. The smallest absolute Gasteiger partial charge is 0.456 e. The van der Waals surface area contributed by atoms with Gasteiger partial charge in [0.25, 0.3) is 0 Å². The third-order valence-corrected chi connectivity index (χ3v) is 10.4. The van der Waals surface area contributed by atoms with Crippen molar-refractivity contribution >= 4 is 11.8 Å². The van der Waals surface area contributed by atoms with Crippen LogP contribution in [-0.4, -0.2) is 46.8 Å². The van der Waals surface area contributed by atoms with Gasteiger partial charge in [0.15, 0.2) is 5.78 Å². The van der Waals surface area contributed by atoms with E-state index in [0.717, 1.165) is 27.8 Å². The van der Waals surface area contributed by atoms with Crippen LogP contribution in [0.5, 0.6) is 0 Å². The topological polar surface area (TPSA) is 72.8 Å². The Hall–Kier alpha value is -2.59. The Balaban J connectivity index is 1.51. The van der Waals surface area contributed by atoms with Gasteiger partial charge in [0.1, 0.15) is 17.8 Å². The van der Waals surface area contributed by atoms with E-state index in [0.29, 0.717) is 25.7 Å². The summed E-state index contributed by atoms with van der Waals surface area (Å²) in [6, 6.07) is 7.25. The van der Waals surface area contributed by atoms with Crippen LogP contribution in [-0.2, 0) is 19.1 Å². The summed E-state index contributed by atoms with van der Waals surface area (Å²) in [4.78, 5) is 24.4. The second-order valence-electron chi connectivity index (χ2n) is 14.2. The van der Waals surface area contributed by atoms with E-state index in [1.54, 1.807) is 45.9 Å². The van der Waals surface area contributed by atoms with Crippen LogP contribution in [0.1, 0.15) is 103 Å². The third-order valence-electron chi connectivity index (χ3n) is 10.4. The molecule has 1 aromatic carbocycles. The molecule has 2 fully saturated rings.